The Balaban J connectivity index is 1.68. The van der Waals surface area contributed by atoms with Crippen LogP contribution in [-0.4, -0.2) is 21.6 Å². The first-order valence-corrected chi connectivity index (χ1v) is 8.97. The number of fused-ring (bicyclic) bond motifs is 1. The van der Waals surface area contributed by atoms with Crippen molar-refractivity contribution < 1.29 is 17.5 Å². The minimum atomic E-state index is -3.79. The summed E-state index contributed by atoms with van der Waals surface area (Å²) in [6.07, 6.45) is 0.732. The molecule has 2 aromatic rings. The molecule has 1 atom stereocenters. The Morgan fingerprint density at radius 2 is 2.04 bits per heavy atom. The molecule has 1 aliphatic heterocycles. The van der Waals surface area contributed by atoms with Gasteiger partial charge < -0.3 is 4.74 Å². The highest BCUT2D eigenvalue weighted by atomic mass is 35.5. The van der Waals surface area contributed by atoms with Crippen LogP contribution in [0.5, 0.6) is 5.75 Å². The first-order chi connectivity index (χ1) is 11.0. The fraction of sp³-hybridized carbons (Fsp3) is 0.250. The van der Waals surface area contributed by atoms with E-state index < -0.39 is 15.8 Å². The number of benzene rings is 2. The van der Waals surface area contributed by atoms with Gasteiger partial charge in [0.05, 0.1) is 11.6 Å². The molecule has 0 amide bonds. The van der Waals surface area contributed by atoms with E-state index >= 15 is 0 Å². The Morgan fingerprint density at radius 1 is 1.26 bits per heavy atom. The smallest absolute Gasteiger partial charge is 0.242 e. The monoisotopic (exact) mass is 355 g/mol. The van der Waals surface area contributed by atoms with E-state index in [9.17, 15) is 12.8 Å². The third kappa shape index (κ3) is 3.65. The number of halogens is 2. The lowest BCUT2D eigenvalue weighted by Gasteiger charge is -2.25. The molecule has 23 heavy (non-hydrogen) atoms. The van der Waals surface area contributed by atoms with Gasteiger partial charge in [-0.2, -0.15) is 0 Å². The second kappa shape index (κ2) is 6.47. The zero-order valence-electron chi connectivity index (χ0n) is 12.1. The molecule has 0 spiro atoms. The number of hydrogen-bond donors (Lipinski definition) is 1. The first kappa shape index (κ1) is 16.2. The highest BCUT2D eigenvalue weighted by molar-refractivity contribution is 7.89. The summed E-state index contributed by atoms with van der Waals surface area (Å²) in [6, 6.07) is 10.9. The topological polar surface area (TPSA) is 55.4 Å². The molecule has 1 unspecified atom stereocenters. The van der Waals surface area contributed by atoms with Crippen molar-refractivity contribution in [1.82, 2.24) is 4.72 Å². The maximum Gasteiger partial charge on any atom is 0.242 e. The van der Waals surface area contributed by atoms with Crippen LogP contribution in [0, 0.1) is 11.7 Å². The van der Waals surface area contributed by atoms with Crippen LogP contribution in [-0.2, 0) is 16.4 Å². The van der Waals surface area contributed by atoms with Crippen molar-refractivity contribution in [2.24, 2.45) is 5.92 Å². The van der Waals surface area contributed by atoms with Gasteiger partial charge in [0.1, 0.15) is 16.5 Å². The number of hydrogen-bond acceptors (Lipinski definition) is 3. The molecule has 0 aliphatic carbocycles. The SMILES string of the molecule is O=S(=O)(NCC1COc2ccccc2C1)c1ccc(F)cc1Cl. The third-order valence-corrected chi connectivity index (χ3v) is 5.61. The summed E-state index contributed by atoms with van der Waals surface area (Å²) in [5, 5.41) is -0.136. The maximum absolute atomic E-state index is 13.0. The molecular formula is C16H15ClFNO3S. The molecule has 0 radical (unpaired) electrons. The number of sulfonamides is 1. The quantitative estimate of drug-likeness (QED) is 0.917. The van der Waals surface area contributed by atoms with Crippen molar-refractivity contribution >= 4 is 21.6 Å². The van der Waals surface area contributed by atoms with E-state index in [0.717, 1.165) is 35.9 Å². The summed E-state index contributed by atoms with van der Waals surface area (Å²) >= 11 is 5.82. The molecule has 0 fully saturated rings. The zero-order valence-corrected chi connectivity index (χ0v) is 13.7. The summed E-state index contributed by atoms with van der Waals surface area (Å²) in [4.78, 5) is -0.127. The highest BCUT2D eigenvalue weighted by Gasteiger charge is 2.23. The lowest BCUT2D eigenvalue weighted by molar-refractivity contribution is 0.223. The Labute approximate surface area is 139 Å². The fourth-order valence-electron chi connectivity index (χ4n) is 2.52. The Kier molecular flexibility index (Phi) is 4.57. The van der Waals surface area contributed by atoms with Crippen LogP contribution in [0.1, 0.15) is 5.56 Å². The highest BCUT2D eigenvalue weighted by Crippen LogP contribution is 2.27. The van der Waals surface area contributed by atoms with Crippen LogP contribution in [0.25, 0.3) is 0 Å². The van der Waals surface area contributed by atoms with Crippen molar-refractivity contribution in [2.45, 2.75) is 11.3 Å². The number of ether oxygens (including phenoxy) is 1. The molecule has 0 bridgehead atoms. The minimum Gasteiger partial charge on any atom is -0.493 e. The average Bonchev–Trinajstić information content (AvgIpc) is 2.52. The summed E-state index contributed by atoms with van der Waals surface area (Å²) < 4.78 is 45.8. The summed E-state index contributed by atoms with van der Waals surface area (Å²) in [6.45, 7) is 0.668. The van der Waals surface area contributed by atoms with Crippen LogP contribution in [0.2, 0.25) is 5.02 Å². The van der Waals surface area contributed by atoms with Crippen molar-refractivity contribution in [1.29, 1.82) is 0 Å². The molecular weight excluding hydrogens is 341 g/mol. The van der Waals surface area contributed by atoms with Gasteiger partial charge in [0.15, 0.2) is 0 Å². The lowest BCUT2D eigenvalue weighted by Crippen LogP contribution is -2.34. The van der Waals surface area contributed by atoms with Crippen LogP contribution in [0.3, 0.4) is 0 Å². The van der Waals surface area contributed by atoms with Gasteiger partial charge in [-0.15, -0.1) is 0 Å². The Bertz CT molecular complexity index is 826. The van der Waals surface area contributed by atoms with Crippen molar-refractivity contribution in [2.75, 3.05) is 13.2 Å². The van der Waals surface area contributed by atoms with Gasteiger partial charge in [-0.1, -0.05) is 29.8 Å². The van der Waals surface area contributed by atoms with Gasteiger partial charge in [-0.3, -0.25) is 0 Å². The van der Waals surface area contributed by atoms with Crippen molar-refractivity contribution in [3.63, 3.8) is 0 Å². The van der Waals surface area contributed by atoms with E-state index in [1.54, 1.807) is 0 Å². The van der Waals surface area contributed by atoms with Gasteiger partial charge in [0, 0.05) is 12.5 Å². The van der Waals surface area contributed by atoms with E-state index in [-0.39, 0.29) is 22.4 Å². The molecule has 0 saturated heterocycles. The van der Waals surface area contributed by atoms with Crippen LogP contribution >= 0.6 is 11.6 Å². The molecule has 4 nitrogen and oxygen atoms in total. The molecule has 1 heterocycles. The standard InChI is InChI=1S/C16H15ClFNO3S/c17-14-8-13(18)5-6-16(14)23(20,21)19-9-11-7-12-3-1-2-4-15(12)22-10-11/h1-6,8,11,19H,7,9-10H2. The Morgan fingerprint density at radius 3 is 2.83 bits per heavy atom. The van der Waals surface area contributed by atoms with E-state index in [2.05, 4.69) is 4.72 Å². The van der Waals surface area contributed by atoms with Gasteiger partial charge in [0.25, 0.3) is 0 Å². The largest absolute Gasteiger partial charge is 0.493 e. The average molecular weight is 356 g/mol. The zero-order chi connectivity index (χ0) is 16.4. The predicted octanol–water partition coefficient (Wildman–Crippen LogP) is 3.01. The minimum absolute atomic E-state index is 0.0268. The first-order valence-electron chi connectivity index (χ1n) is 7.11. The third-order valence-electron chi connectivity index (χ3n) is 3.70. The molecule has 122 valence electrons. The molecule has 0 aromatic heterocycles. The lowest BCUT2D eigenvalue weighted by atomic mass is 9.97. The van der Waals surface area contributed by atoms with E-state index in [0.29, 0.717) is 6.61 Å². The molecule has 2 aromatic carbocycles. The van der Waals surface area contributed by atoms with Crippen LogP contribution < -0.4 is 9.46 Å². The van der Waals surface area contributed by atoms with E-state index in [4.69, 9.17) is 16.3 Å². The molecule has 3 rings (SSSR count). The van der Waals surface area contributed by atoms with Gasteiger partial charge in [-0.25, -0.2) is 17.5 Å². The normalized spacial score (nSPS) is 17.4. The number of para-hydroxylation sites is 1. The van der Waals surface area contributed by atoms with Crippen molar-refractivity contribution in [3.05, 3.63) is 58.9 Å². The second-order valence-corrected chi connectivity index (χ2v) is 7.56. The van der Waals surface area contributed by atoms with Gasteiger partial charge in [-0.05, 0) is 36.2 Å². The Hall–Kier alpha value is -1.63. The second-order valence-electron chi connectivity index (χ2n) is 5.42. The van der Waals surface area contributed by atoms with Crippen LogP contribution in [0.4, 0.5) is 4.39 Å². The van der Waals surface area contributed by atoms with Crippen LogP contribution in [0.15, 0.2) is 47.4 Å². The molecule has 7 heteroatoms. The fourth-order valence-corrected chi connectivity index (χ4v) is 4.17. The molecule has 1 aliphatic rings. The van der Waals surface area contributed by atoms with Gasteiger partial charge in [0.2, 0.25) is 10.0 Å². The summed E-state index contributed by atoms with van der Waals surface area (Å²) in [5.74, 6) is 0.290. The number of rotatable bonds is 4. The summed E-state index contributed by atoms with van der Waals surface area (Å²) in [7, 11) is -3.79. The van der Waals surface area contributed by atoms with Crippen molar-refractivity contribution in [3.8, 4) is 5.75 Å². The van der Waals surface area contributed by atoms with E-state index in [1.807, 2.05) is 24.3 Å². The van der Waals surface area contributed by atoms with Gasteiger partial charge >= 0.3 is 0 Å². The predicted molar refractivity (Wildman–Crippen MR) is 85.7 cm³/mol. The van der Waals surface area contributed by atoms with E-state index in [1.165, 1.54) is 0 Å². The summed E-state index contributed by atoms with van der Waals surface area (Å²) in [5.41, 5.74) is 1.06. The molecule has 1 N–H and O–H groups in total. The maximum atomic E-state index is 13.0. The molecule has 0 saturated carbocycles. The number of nitrogens with one attached hydrogen (secondary N) is 1.